The van der Waals surface area contributed by atoms with Crippen molar-refractivity contribution >= 4 is 0 Å². The van der Waals surface area contributed by atoms with Gasteiger partial charge in [0.2, 0.25) is 0 Å². The van der Waals surface area contributed by atoms with E-state index in [-0.39, 0.29) is 5.75 Å². The Hall–Kier alpha value is -1.19. The fraction of sp³-hybridized carbons (Fsp3) is 0.812. The van der Waals surface area contributed by atoms with Crippen LogP contribution in [0.25, 0.3) is 0 Å². The quantitative estimate of drug-likeness (QED) is 0.271. The summed E-state index contributed by atoms with van der Waals surface area (Å²) in [4.78, 5) is 0. The Morgan fingerprint density at radius 3 is 1.94 bits per heavy atom. The molecule has 1 nitrogen and oxygen atoms in total. The zero-order valence-corrected chi connectivity index (χ0v) is 22.5. The third-order valence-electron chi connectivity index (χ3n) is 9.97. The summed E-state index contributed by atoms with van der Waals surface area (Å²) < 4.78 is 41.4. The van der Waals surface area contributed by atoms with Gasteiger partial charge in [0, 0.05) is 0 Å². The maximum absolute atomic E-state index is 12.4. The summed E-state index contributed by atoms with van der Waals surface area (Å²) in [7, 11) is 0. The van der Waals surface area contributed by atoms with Crippen molar-refractivity contribution in [1.82, 2.24) is 0 Å². The lowest BCUT2D eigenvalue weighted by molar-refractivity contribution is -0.274. The molecule has 4 unspecified atom stereocenters. The first-order valence-electron chi connectivity index (χ1n) is 15.2. The summed E-state index contributed by atoms with van der Waals surface area (Å²) >= 11 is 0. The van der Waals surface area contributed by atoms with Crippen molar-refractivity contribution < 1.29 is 17.9 Å². The lowest BCUT2D eigenvalue weighted by Gasteiger charge is -2.43. The summed E-state index contributed by atoms with van der Waals surface area (Å²) in [6.45, 7) is 2.30. The molecule has 1 aromatic carbocycles. The van der Waals surface area contributed by atoms with Gasteiger partial charge in [-0.3, -0.25) is 0 Å². The van der Waals surface area contributed by atoms with Crippen molar-refractivity contribution in [2.24, 2.45) is 29.6 Å². The largest absolute Gasteiger partial charge is 0.573 e. The highest BCUT2D eigenvalue weighted by molar-refractivity contribution is 5.30. The van der Waals surface area contributed by atoms with E-state index in [1.807, 2.05) is 12.1 Å². The number of fused-ring (bicyclic) bond motifs is 1. The Morgan fingerprint density at radius 1 is 0.667 bits per heavy atom. The zero-order chi connectivity index (χ0) is 25.4. The third kappa shape index (κ3) is 8.69. The van der Waals surface area contributed by atoms with Crippen LogP contribution in [0.2, 0.25) is 0 Å². The summed E-state index contributed by atoms with van der Waals surface area (Å²) in [5.41, 5.74) is 1.18. The number of benzene rings is 1. The molecule has 0 aromatic heterocycles. The van der Waals surface area contributed by atoms with Crippen LogP contribution < -0.4 is 4.74 Å². The molecule has 0 radical (unpaired) electrons. The van der Waals surface area contributed by atoms with Crippen LogP contribution in [0.1, 0.15) is 134 Å². The number of alkyl halides is 3. The topological polar surface area (TPSA) is 9.23 Å². The normalized spacial score (nSPS) is 31.1. The van der Waals surface area contributed by atoms with E-state index in [1.165, 1.54) is 133 Å². The van der Waals surface area contributed by atoms with E-state index in [0.29, 0.717) is 5.92 Å². The van der Waals surface area contributed by atoms with E-state index in [0.717, 1.165) is 29.6 Å². The standard InChI is InChI=1S/C32H49F3O/c1-2-3-4-5-6-7-24-8-10-25(11-9-24)12-13-26-14-15-30-23-29(17-16-28(30)22-26)27-18-20-31(21-19-27)36-32(33,34)35/h18-21,24-26,28-30H,2-17,22-23H2,1H3. The molecule has 0 aliphatic heterocycles. The molecule has 3 aliphatic rings. The zero-order valence-electron chi connectivity index (χ0n) is 22.5. The van der Waals surface area contributed by atoms with Crippen molar-refractivity contribution in [3.63, 3.8) is 0 Å². The number of hydrogen-bond donors (Lipinski definition) is 0. The Morgan fingerprint density at radius 2 is 1.25 bits per heavy atom. The molecule has 0 N–H and O–H groups in total. The Kier molecular flexibility index (Phi) is 10.5. The summed E-state index contributed by atoms with van der Waals surface area (Å²) in [5.74, 6) is 4.98. The highest BCUT2D eigenvalue weighted by Crippen LogP contribution is 2.49. The van der Waals surface area contributed by atoms with Gasteiger partial charge in [0.25, 0.3) is 0 Å². The maximum atomic E-state index is 12.4. The number of halogens is 3. The minimum atomic E-state index is -4.62. The molecule has 0 heterocycles. The second-order valence-corrected chi connectivity index (χ2v) is 12.5. The summed E-state index contributed by atoms with van der Waals surface area (Å²) in [6, 6.07) is 6.65. The van der Waals surface area contributed by atoms with Gasteiger partial charge in [-0.1, -0.05) is 103 Å². The van der Waals surface area contributed by atoms with Crippen molar-refractivity contribution in [1.29, 1.82) is 0 Å². The average molecular weight is 507 g/mol. The Balaban J connectivity index is 1.12. The van der Waals surface area contributed by atoms with E-state index in [2.05, 4.69) is 11.7 Å². The third-order valence-corrected chi connectivity index (χ3v) is 9.97. The number of ether oxygens (including phenoxy) is 1. The first-order valence-corrected chi connectivity index (χ1v) is 15.2. The van der Waals surface area contributed by atoms with Crippen LogP contribution in [0.4, 0.5) is 13.2 Å². The van der Waals surface area contributed by atoms with E-state index in [4.69, 9.17) is 0 Å². The fourth-order valence-electron chi connectivity index (χ4n) is 7.81. The van der Waals surface area contributed by atoms with Crippen LogP contribution in [0, 0.1) is 29.6 Å². The molecule has 3 saturated carbocycles. The molecule has 0 amide bonds. The minimum absolute atomic E-state index is 0.115. The van der Waals surface area contributed by atoms with Gasteiger partial charge in [0.1, 0.15) is 5.75 Å². The Bertz CT molecular complexity index is 750. The number of rotatable bonds is 11. The molecular weight excluding hydrogens is 457 g/mol. The average Bonchev–Trinajstić information content (AvgIpc) is 2.87. The number of unbranched alkanes of at least 4 members (excludes halogenated alkanes) is 4. The van der Waals surface area contributed by atoms with Gasteiger partial charge in [0.05, 0.1) is 0 Å². The van der Waals surface area contributed by atoms with E-state index in [1.54, 1.807) is 0 Å². The Labute approximate surface area is 218 Å². The van der Waals surface area contributed by atoms with Crippen molar-refractivity contribution in [3.8, 4) is 5.75 Å². The lowest BCUT2D eigenvalue weighted by Crippen LogP contribution is -2.30. The van der Waals surface area contributed by atoms with Crippen molar-refractivity contribution in [2.75, 3.05) is 0 Å². The van der Waals surface area contributed by atoms with Crippen molar-refractivity contribution in [3.05, 3.63) is 29.8 Å². The molecule has 4 atom stereocenters. The van der Waals surface area contributed by atoms with Gasteiger partial charge in [-0.25, -0.2) is 0 Å². The molecule has 36 heavy (non-hydrogen) atoms. The predicted octanol–water partition coefficient (Wildman–Crippen LogP) is 10.8. The molecule has 0 saturated heterocycles. The van der Waals surface area contributed by atoms with Crippen LogP contribution in [0.15, 0.2) is 24.3 Å². The molecular formula is C32H49F3O. The van der Waals surface area contributed by atoms with Crippen LogP contribution >= 0.6 is 0 Å². The van der Waals surface area contributed by atoms with E-state index in [9.17, 15) is 13.2 Å². The first kappa shape index (κ1) is 27.8. The summed E-state index contributed by atoms with van der Waals surface area (Å²) in [5, 5.41) is 0. The monoisotopic (exact) mass is 506 g/mol. The molecule has 204 valence electrons. The minimum Gasteiger partial charge on any atom is -0.406 e. The summed E-state index contributed by atoms with van der Waals surface area (Å²) in [6.07, 6.45) is 20.6. The fourth-order valence-corrected chi connectivity index (χ4v) is 7.81. The highest BCUT2D eigenvalue weighted by Gasteiger charge is 2.36. The van der Waals surface area contributed by atoms with Gasteiger partial charge in [-0.05, 0) is 85.3 Å². The molecule has 3 fully saturated rings. The molecule has 4 heteroatoms. The van der Waals surface area contributed by atoms with Gasteiger partial charge in [0.15, 0.2) is 0 Å². The smallest absolute Gasteiger partial charge is 0.406 e. The first-order chi connectivity index (χ1) is 17.4. The predicted molar refractivity (Wildman–Crippen MR) is 142 cm³/mol. The van der Waals surface area contributed by atoms with Crippen molar-refractivity contribution in [2.45, 2.75) is 135 Å². The SMILES string of the molecule is CCCCCCCC1CCC(CCC2CCC3CC(c4ccc(OC(F)(F)F)cc4)CCC3C2)CC1. The molecule has 1 aromatic rings. The van der Waals surface area contributed by atoms with E-state index >= 15 is 0 Å². The van der Waals surface area contributed by atoms with Gasteiger partial charge in [-0.15, -0.1) is 13.2 Å². The van der Waals surface area contributed by atoms with E-state index < -0.39 is 6.36 Å². The van der Waals surface area contributed by atoms with Gasteiger partial charge >= 0.3 is 6.36 Å². The molecule has 4 rings (SSSR count). The van der Waals surface area contributed by atoms with Gasteiger partial charge < -0.3 is 4.74 Å². The second-order valence-electron chi connectivity index (χ2n) is 12.5. The second kappa shape index (κ2) is 13.6. The van der Waals surface area contributed by atoms with Gasteiger partial charge in [-0.2, -0.15) is 0 Å². The van der Waals surface area contributed by atoms with Crippen LogP contribution in [-0.2, 0) is 0 Å². The molecule has 0 bridgehead atoms. The molecule has 0 spiro atoms. The number of hydrogen-bond acceptors (Lipinski definition) is 1. The highest BCUT2D eigenvalue weighted by atomic mass is 19.4. The maximum Gasteiger partial charge on any atom is 0.573 e. The lowest BCUT2D eigenvalue weighted by atomic mass is 9.63. The van der Waals surface area contributed by atoms with Crippen LogP contribution in [-0.4, -0.2) is 6.36 Å². The van der Waals surface area contributed by atoms with Crippen LogP contribution in [0.3, 0.4) is 0 Å². The van der Waals surface area contributed by atoms with Crippen LogP contribution in [0.5, 0.6) is 5.75 Å². The molecule has 3 aliphatic carbocycles.